The summed E-state index contributed by atoms with van der Waals surface area (Å²) < 4.78 is 10.5. The second-order valence-corrected chi connectivity index (χ2v) is 4.08. The van der Waals surface area contributed by atoms with Crippen molar-refractivity contribution in [1.82, 2.24) is 4.90 Å². The summed E-state index contributed by atoms with van der Waals surface area (Å²) in [5, 5.41) is 9.01. The highest BCUT2D eigenvalue weighted by Crippen LogP contribution is 2.18. The third-order valence-corrected chi connectivity index (χ3v) is 2.94. The minimum Gasteiger partial charge on any atom is -0.481 e. The van der Waals surface area contributed by atoms with E-state index in [1.54, 1.807) is 0 Å². The van der Waals surface area contributed by atoms with E-state index in [-0.39, 0.29) is 6.04 Å². The van der Waals surface area contributed by atoms with Crippen molar-refractivity contribution >= 4 is 5.97 Å². The first kappa shape index (κ1) is 13.4. The van der Waals surface area contributed by atoms with E-state index >= 15 is 0 Å². The first-order valence-corrected chi connectivity index (χ1v) is 5.75. The zero-order valence-electron chi connectivity index (χ0n) is 10.0. The van der Waals surface area contributed by atoms with Crippen LogP contribution in [0.4, 0.5) is 0 Å². The van der Waals surface area contributed by atoms with Crippen molar-refractivity contribution in [2.45, 2.75) is 19.4 Å². The van der Waals surface area contributed by atoms with Crippen molar-refractivity contribution in [3.63, 3.8) is 0 Å². The van der Waals surface area contributed by atoms with Crippen LogP contribution in [0.1, 0.15) is 13.3 Å². The summed E-state index contributed by atoms with van der Waals surface area (Å²) in [6.07, 6.45) is 0.924. The molecule has 1 saturated heterocycles. The molecular formula is C11H21NO4. The maximum atomic E-state index is 11.0. The van der Waals surface area contributed by atoms with Gasteiger partial charge in [-0.2, -0.15) is 0 Å². The van der Waals surface area contributed by atoms with Crippen molar-refractivity contribution in [2.24, 2.45) is 5.92 Å². The molecule has 1 aliphatic heterocycles. The standard InChI is InChI=1S/C11H21NO4/c1-3-15-6-4-5-12(2)10-8-16-7-9(10)11(13)14/h9-10H,3-8H2,1-2H3,(H,13,14). The fourth-order valence-electron chi connectivity index (χ4n) is 1.94. The van der Waals surface area contributed by atoms with Crippen molar-refractivity contribution in [1.29, 1.82) is 0 Å². The molecule has 0 aromatic carbocycles. The molecule has 2 unspecified atom stereocenters. The van der Waals surface area contributed by atoms with Crippen LogP contribution in [-0.2, 0) is 14.3 Å². The Morgan fingerprint density at radius 2 is 2.31 bits per heavy atom. The van der Waals surface area contributed by atoms with Gasteiger partial charge in [0.2, 0.25) is 0 Å². The van der Waals surface area contributed by atoms with Crippen LogP contribution in [0.15, 0.2) is 0 Å². The predicted octanol–water partition coefficient (Wildman–Crippen LogP) is 0.444. The number of nitrogens with zero attached hydrogens (tertiary/aromatic N) is 1. The number of carbonyl (C=O) groups is 1. The molecule has 1 heterocycles. The Morgan fingerprint density at radius 3 is 2.94 bits per heavy atom. The monoisotopic (exact) mass is 231 g/mol. The first-order chi connectivity index (χ1) is 7.66. The van der Waals surface area contributed by atoms with E-state index in [9.17, 15) is 4.79 Å². The second kappa shape index (κ2) is 6.83. The number of aliphatic carboxylic acids is 1. The van der Waals surface area contributed by atoms with E-state index in [1.807, 2.05) is 14.0 Å². The molecule has 1 fully saturated rings. The topological polar surface area (TPSA) is 59.0 Å². The van der Waals surface area contributed by atoms with Gasteiger partial charge in [0.1, 0.15) is 0 Å². The van der Waals surface area contributed by atoms with Gasteiger partial charge < -0.3 is 19.5 Å². The molecule has 1 N–H and O–H groups in total. The quantitative estimate of drug-likeness (QED) is 0.644. The maximum Gasteiger partial charge on any atom is 0.310 e. The van der Waals surface area contributed by atoms with Gasteiger partial charge in [0.05, 0.1) is 19.1 Å². The van der Waals surface area contributed by atoms with Gasteiger partial charge in [0, 0.05) is 25.8 Å². The molecule has 0 spiro atoms. The highest BCUT2D eigenvalue weighted by Gasteiger charge is 2.36. The molecule has 1 rings (SSSR count). The minimum atomic E-state index is -0.765. The zero-order chi connectivity index (χ0) is 12.0. The van der Waals surface area contributed by atoms with Crippen LogP contribution >= 0.6 is 0 Å². The van der Waals surface area contributed by atoms with Crippen LogP contribution in [0.3, 0.4) is 0 Å². The van der Waals surface area contributed by atoms with Gasteiger partial charge in [-0.05, 0) is 20.4 Å². The SMILES string of the molecule is CCOCCCN(C)C1COCC1C(=O)O. The zero-order valence-corrected chi connectivity index (χ0v) is 10.0. The maximum absolute atomic E-state index is 11.0. The highest BCUT2D eigenvalue weighted by atomic mass is 16.5. The second-order valence-electron chi connectivity index (χ2n) is 4.08. The van der Waals surface area contributed by atoms with E-state index in [0.29, 0.717) is 13.2 Å². The third-order valence-electron chi connectivity index (χ3n) is 2.94. The van der Waals surface area contributed by atoms with Gasteiger partial charge >= 0.3 is 5.97 Å². The summed E-state index contributed by atoms with van der Waals surface area (Å²) in [4.78, 5) is 13.0. The number of carboxylic acids is 1. The molecule has 0 radical (unpaired) electrons. The average molecular weight is 231 g/mol. The van der Waals surface area contributed by atoms with E-state index < -0.39 is 11.9 Å². The van der Waals surface area contributed by atoms with Crippen LogP contribution < -0.4 is 0 Å². The number of hydrogen-bond donors (Lipinski definition) is 1. The van der Waals surface area contributed by atoms with Crippen LogP contribution in [-0.4, -0.2) is 62.0 Å². The Kier molecular flexibility index (Phi) is 5.73. The first-order valence-electron chi connectivity index (χ1n) is 5.75. The van der Waals surface area contributed by atoms with Crippen molar-refractivity contribution < 1.29 is 19.4 Å². The molecule has 5 heteroatoms. The van der Waals surface area contributed by atoms with Gasteiger partial charge in [0.15, 0.2) is 0 Å². The highest BCUT2D eigenvalue weighted by molar-refractivity contribution is 5.71. The summed E-state index contributed by atoms with van der Waals surface area (Å²) in [7, 11) is 1.95. The lowest BCUT2D eigenvalue weighted by Gasteiger charge is -2.25. The Balaban J connectivity index is 2.29. The minimum absolute atomic E-state index is 0.000809. The lowest BCUT2D eigenvalue weighted by atomic mass is 10.0. The number of hydrogen-bond acceptors (Lipinski definition) is 4. The van der Waals surface area contributed by atoms with Gasteiger partial charge in [-0.3, -0.25) is 4.79 Å². The lowest BCUT2D eigenvalue weighted by molar-refractivity contribution is -0.143. The molecule has 0 aromatic rings. The van der Waals surface area contributed by atoms with Gasteiger partial charge in [-0.1, -0.05) is 0 Å². The Labute approximate surface area is 96.3 Å². The van der Waals surface area contributed by atoms with E-state index in [4.69, 9.17) is 14.6 Å². The van der Waals surface area contributed by atoms with Crippen molar-refractivity contribution in [3.05, 3.63) is 0 Å². The lowest BCUT2D eigenvalue weighted by Crippen LogP contribution is -2.41. The number of carboxylic acid groups (broad SMARTS) is 1. The van der Waals surface area contributed by atoms with Crippen LogP contribution in [0, 0.1) is 5.92 Å². The van der Waals surface area contributed by atoms with E-state index in [0.717, 1.165) is 26.2 Å². The number of likely N-dealkylation sites (N-methyl/N-ethyl adjacent to an activating group) is 1. The summed E-state index contributed by atoms with van der Waals surface area (Å²) >= 11 is 0. The summed E-state index contributed by atoms with van der Waals surface area (Å²) in [6.45, 7) is 5.12. The molecular weight excluding hydrogens is 210 g/mol. The number of ether oxygens (including phenoxy) is 2. The molecule has 0 aromatic heterocycles. The Bertz CT molecular complexity index is 222. The third kappa shape index (κ3) is 3.73. The van der Waals surface area contributed by atoms with Crippen molar-refractivity contribution in [2.75, 3.05) is 40.0 Å². The van der Waals surface area contributed by atoms with Gasteiger partial charge in [-0.15, -0.1) is 0 Å². The normalized spacial score (nSPS) is 25.2. The molecule has 94 valence electrons. The van der Waals surface area contributed by atoms with Gasteiger partial charge in [0.25, 0.3) is 0 Å². The molecule has 0 aliphatic carbocycles. The van der Waals surface area contributed by atoms with Gasteiger partial charge in [-0.25, -0.2) is 0 Å². The Hall–Kier alpha value is -0.650. The average Bonchev–Trinajstić information content (AvgIpc) is 2.73. The summed E-state index contributed by atoms with van der Waals surface area (Å²) in [6, 6.07) is -0.000809. The molecule has 2 atom stereocenters. The smallest absolute Gasteiger partial charge is 0.310 e. The van der Waals surface area contributed by atoms with E-state index in [2.05, 4.69) is 4.90 Å². The van der Waals surface area contributed by atoms with Crippen molar-refractivity contribution in [3.8, 4) is 0 Å². The van der Waals surface area contributed by atoms with E-state index in [1.165, 1.54) is 0 Å². The molecule has 1 aliphatic rings. The molecule has 0 amide bonds. The fourth-order valence-corrected chi connectivity index (χ4v) is 1.94. The molecule has 0 bridgehead atoms. The van der Waals surface area contributed by atoms with Crippen LogP contribution in [0.25, 0.3) is 0 Å². The fraction of sp³-hybridized carbons (Fsp3) is 0.909. The molecule has 0 saturated carbocycles. The summed E-state index contributed by atoms with van der Waals surface area (Å²) in [5.74, 6) is -1.16. The molecule has 5 nitrogen and oxygen atoms in total. The predicted molar refractivity (Wildman–Crippen MR) is 59.5 cm³/mol. The van der Waals surface area contributed by atoms with Crippen LogP contribution in [0.5, 0.6) is 0 Å². The largest absolute Gasteiger partial charge is 0.481 e. The Morgan fingerprint density at radius 1 is 1.56 bits per heavy atom. The molecule has 16 heavy (non-hydrogen) atoms. The number of rotatable bonds is 7. The van der Waals surface area contributed by atoms with Crippen LogP contribution in [0.2, 0.25) is 0 Å². The summed E-state index contributed by atoms with van der Waals surface area (Å²) in [5.41, 5.74) is 0.